The van der Waals surface area contributed by atoms with Crippen LogP contribution >= 0.6 is 0 Å². The van der Waals surface area contributed by atoms with Crippen molar-refractivity contribution in [2.24, 2.45) is 0 Å². The first kappa shape index (κ1) is 18.4. The Morgan fingerprint density at radius 2 is 1.86 bits per heavy atom. The van der Waals surface area contributed by atoms with Crippen LogP contribution < -0.4 is 5.32 Å². The summed E-state index contributed by atoms with van der Waals surface area (Å²) in [5.74, 6) is 0.136. The fraction of sp³-hybridized carbons (Fsp3) is 0.304. The number of amides is 1. The number of benzene rings is 2. The van der Waals surface area contributed by atoms with Gasteiger partial charge in [-0.15, -0.1) is 0 Å². The average molecular weight is 374 g/mol. The monoisotopic (exact) mass is 374 g/mol. The lowest BCUT2D eigenvalue weighted by molar-refractivity contribution is -0.120. The van der Waals surface area contributed by atoms with Gasteiger partial charge in [-0.2, -0.15) is 5.10 Å². The van der Waals surface area contributed by atoms with Gasteiger partial charge in [0.15, 0.2) is 0 Å². The van der Waals surface area contributed by atoms with Gasteiger partial charge in [0, 0.05) is 49.9 Å². The molecule has 2 heterocycles. The van der Waals surface area contributed by atoms with Crippen LogP contribution in [0.15, 0.2) is 54.7 Å². The van der Waals surface area contributed by atoms with Gasteiger partial charge in [-0.05, 0) is 43.2 Å². The van der Waals surface area contributed by atoms with Crippen molar-refractivity contribution in [1.29, 1.82) is 0 Å². The standard InChI is InChI=1S/C23H26N4O/c1-17-8-9-19(14-18(17)2)23-20(15-26-12-10-22(28)24-11-13-26)16-27(25-23)21-6-4-3-5-7-21/h3-9,14,16H,10-13,15H2,1-2H3,(H,24,28). The molecule has 1 aromatic heterocycles. The Balaban J connectivity index is 1.71. The molecule has 1 amide bonds. The Hall–Kier alpha value is -2.92. The molecular formula is C23H26N4O. The van der Waals surface area contributed by atoms with Crippen molar-refractivity contribution in [1.82, 2.24) is 20.0 Å². The highest BCUT2D eigenvalue weighted by Gasteiger charge is 2.18. The molecule has 1 N–H and O–H groups in total. The largest absolute Gasteiger partial charge is 0.355 e. The molecule has 4 rings (SSSR count). The fourth-order valence-corrected chi connectivity index (χ4v) is 3.58. The molecule has 1 saturated heterocycles. The van der Waals surface area contributed by atoms with E-state index in [0.29, 0.717) is 13.0 Å². The van der Waals surface area contributed by atoms with E-state index in [0.717, 1.165) is 36.6 Å². The van der Waals surface area contributed by atoms with Crippen LogP contribution in [0.25, 0.3) is 16.9 Å². The number of carbonyl (C=O) groups excluding carboxylic acids is 1. The normalized spacial score (nSPS) is 15.3. The second-order valence-electron chi connectivity index (χ2n) is 7.46. The SMILES string of the molecule is Cc1ccc(-c2nn(-c3ccccc3)cc2CN2CCNC(=O)CC2)cc1C. The Morgan fingerprint density at radius 3 is 2.64 bits per heavy atom. The molecule has 0 unspecified atom stereocenters. The quantitative estimate of drug-likeness (QED) is 0.761. The minimum Gasteiger partial charge on any atom is -0.355 e. The van der Waals surface area contributed by atoms with Crippen molar-refractivity contribution in [2.75, 3.05) is 19.6 Å². The summed E-state index contributed by atoms with van der Waals surface area (Å²) in [6.07, 6.45) is 2.67. The van der Waals surface area contributed by atoms with Gasteiger partial charge in [0.25, 0.3) is 0 Å². The summed E-state index contributed by atoms with van der Waals surface area (Å²) < 4.78 is 1.96. The van der Waals surface area contributed by atoms with Crippen LogP contribution in [0.3, 0.4) is 0 Å². The molecule has 5 heteroatoms. The Bertz CT molecular complexity index is 978. The highest BCUT2D eigenvalue weighted by Crippen LogP contribution is 2.27. The first-order chi connectivity index (χ1) is 13.6. The second-order valence-corrected chi connectivity index (χ2v) is 7.46. The van der Waals surface area contributed by atoms with Gasteiger partial charge in [0.2, 0.25) is 5.91 Å². The highest BCUT2D eigenvalue weighted by molar-refractivity contribution is 5.76. The minimum atomic E-state index is 0.136. The molecule has 144 valence electrons. The maximum absolute atomic E-state index is 11.7. The number of hydrogen-bond donors (Lipinski definition) is 1. The lowest BCUT2D eigenvalue weighted by Gasteiger charge is -2.18. The molecule has 1 aliphatic rings. The third-order valence-corrected chi connectivity index (χ3v) is 5.39. The van der Waals surface area contributed by atoms with E-state index in [9.17, 15) is 4.79 Å². The lowest BCUT2D eigenvalue weighted by atomic mass is 10.0. The van der Waals surface area contributed by atoms with Gasteiger partial charge < -0.3 is 5.32 Å². The predicted molar refractivity (Wildman–Crippen MR) is 111 cm³/mol. The second kappa shape index (κ2) is 7.98. The highest BCUT2D eigenvalue weighted by atomic mass is 16.1. The van der Waals surface area contributed by atoms with Crippen molar-refractivity contribution >= 4 is 5.91 Å². The molecule has 3 aromatic rings. The van der Waals surface area contributed by atoms with Crippen LogP contribution in [-0.2, 0) is 11.3 Å². The third-order valence-electron chi connectivity index (χ3n) is 5.39. The zero-order valence-electron chi connectivity index (χ0n) is 16.5. The van der Waals surface area contributed by atoms with E-state index in [1.54, 1.807) is 0 Å². The summed E-state index contributed by atoms with van der Waals surface area (Å²) in [4.78, 5) is 14.0. The molecule has 0 bridgehead atoms. The fourth-order valence-electron chi connectivity index (χ4n) is 3.58. The maximum Gasteiger partial charge on any atom is 0.221 e. The number of para-hydroxylation sites is 1. The Kier molecular flexibility index (Phi) is 5.26. The van der Waals surface area contributed by atoms with Crippen LogP contribution in [0.1, 0.15) is 23.1 Å². The predicted octanol–water partition coefficient (Wildman–Crippen LogP) is 3.48. The molecule has 28 heavy (non-hydrogen) atoms. The topological polar surface area (TPSA) is 50.2 Å². The first-order valence-corrected chi connectivity index (χ1v) is 9.81. The average Bonchev–Trinajstić information content (AvgIpc) is 3.01. The maximum atomic E-state index is 11.7. The Morgan fingerprint density at radius 1 is 1.04 bits per heavy atom. The molecule has 0 radical (unpaired) electrons. The van der Waals surface area contributed by atoms with Gasteiger partial charge in [-0.3, -0.25) is 9.69 Å². The molecule has 5 nitrogen and oxygen atoms in total. The third kappa shape index (κ3) is 3.99. The summed E-state index contributed by atoms with van der Waals surface area (Å²) in [6.45, 7) is 7.38. The zero-order valence-corrected chi connectivity index (χ0v) is 16.5. The molecule has 0 spiro atoms. The number of aryl methyl sites for hydroxylation is 2. The molecule has 1 fully saturated rings. The van der Waals surface area contributed by atoms with Crippen molar-refractivity contribution < 1.29 is 4.79 Å². The van der Waals surface area contributed by atoms with Crippen molar-refractivity contribution in [3.8, 4) is 16.9 Å². The lowest BCUT2D eigenvalue weighted by Crippen LogP contribution is -2.28. The number of carbonyl (C=O) groups is 1. The number of aromatic nitrogens is 2. The van der Waals surface area contributed by atoms with E-state index in [-0.39, 0.29) is 5.91 Å². The van der Waals surface area contributed by atoms with Crippen LogP contribution in [0.5, 0.6) is 0 Å². The van der Waals surface area contributed by atoms with Crippen LogP contribution in [0, 0.1) is 13.8 Å². The zero-order chi connectivity index (χ0) is 19.5. The Labute approximate surface area is 166 Å². The summed E-state index contributed by atoms with van der Waals surface area (Å²) >= 11 is 0. The van der Waals surface area contributed by atoms with E-state index in [1.165, 1.54) is 16.7 Å². The number of nitrogens with zero attached hydrogens (tertiary/aromatic N) is 3. The van der Waals surface area contributed by atoms with Gasteiger partial charge in [-0.25, -0.2) is 4.68 Å². The van der Waals surface area contributed by atoms with Crippen molar-refractivity contribution in [2.45, 2.75) is 26.8 Å². The molecule has 0 atom stereocenters. The van der Waals surface area contributed by atoms with Crippen molar-refractivity contribution in [3.05, 3.63) is 71.4 Å². The molecule has 2 aromatic carbocycles. The van der Waals surface area contributed by atoms with Gasteiger partial charge in [0.05, 0.1) is 11.4 Å². The van der Waals surface area contributed by atoms with Crippen molar-refractivity contribution in [3.63, 3.8) is 0 Å². The summed E-state index contributed by atoms with van der Waals surface area (Å²) in [5.41, 5.74) is 6.92. The molecule has 1 aliphatic heterocycles. The van der Waals surface area contributed by atoms with Gasteiger partial charge in [0.1, 0.15) is 0 Å². The number of rotatable bonds is 4. The number of nitrogens with one attached hydrogen (secondary N) is 1. The van der Waals surface area contributed by atoms with E-state index in [4.69, 9.17) is 5.10 Å². The van der Waals surface area contributed by atoms with E-state index >= 15 is 0 Å². The van der Waals surface area contributed by atoms with Crippen LogP contribution in [0.4, 0.5) is 0 Å². The molecule has 0 saturated carbocycles. The van der Waals surface area contributed by atoms with E-state index in [1.807, 2.05) is 22.9 Å². The smallest absolute Gasteiger partial charge is 0.221 e. The molecular weight excluding hydrogens is 348 g/mol. The summed E-state index contributed by atoms with van der Waals surface area (Å²) in [5, 5.41) is 7.88. The number of hydrogen-bond acceptors (Lipinski definition) is 3. The summed E-state index contributed by atoms with van der Waals surface area (Å²) in [6, 6.07) is 16.7. The van der Waals surface area contributed by atoms with Crippen LogP contribution in [-0.4, -0.2) is 40.2 Å². The van der Waals surface area contributed by atoms with Gasteiger partial charge in [-0.1, -0.05) is 30.3 Å². The van der Waals surface area contributed by atoms with Crippen LogP contribution in [0.2, 0.25) is 0 Å². The van der Waals surface area contributed by atoms with Gasteiger partial charge >= 0.3 is 0 Å². The van der Waals surface area contributed by atoms with E-state index < -0.39 is 0 Å². The minimum absolute atomic E-state index is 0.136. The van der Waals surface area contributed by atoms with E-state index in [2.05, 4.69) is 60.6 Å². The first-order valence-electron chi connectivity index (χ1n) is 9.81. The molecule has 0 aliphatic carbocycles. The summed E-state index contributed by atoms with van der Waals surface area (Å²) in [7, 11) is 0.